The zero-order chi connectivity index (χ0) is 56.2. The van der Waals surface area contributed by atoms with Gasteiger partial charge in [-0.05, 0) is 96.3 Å². The van der Waals surface area contributed by atoms with E-state index >= 15 is 0 Å². The number of hydrogen-bond donors (Lipinski definition) is 1. The normalized spacial score (nSPS) is 13.1. The molecule has 444 valence electrons. The van der Waals surface area contributed by atoms with Gasteiger partial charge in [-0.15, -0.1) is 0 Å². The highest BCUT2D eigenvalue weighted by Gasteiger charge is 2.16. The first kappa shape index (κ1) is 74.0. The van der Waals surface area contributed by atoms with Gasteiger partial charge in [-0.25, -0.2) is 0 Å². The molecular weight excluding hydrogens is 957 g/mol. The third-order valence-corrected chi connectivity index (χ3v) is 14.0. The number of carbonyl (C=O) groups excluding carboxylic acids is 2. The molecule has 5 nitrogen and oxygen atoms in total. The third-order valence-electron chi connectivity index (χ3n) is 14.0. The first-order valence-corrected chi connectivity index (χ1v) is 32.7. The number of unbranched alkanes of at least 4 members (excludes halogenated alkanes) is 29. The Labute approximate surface area is 483 Å². The average Bonchev–Trinajstić information content (AvgIpc) is 3.44. The van der Waals surface area contributed by atoms with Crippen LogP contribution in [0.15, 0.2) is 134 Å². The zero-order valence-corrected chi connectivity index (χ0v) is 50.9. The lowest BCUT2D eigenvalue weighted by molar-refractivity contribution is -0.161. The minimum absolute atomic E-state index is 0.0737. The van der Waals surface area contributed by atoms with Crippen molar-refractivity contribution in [3.8, 4) is 0 Å². The van der Waals surface area contributed by atoms with E-state index in [9.17, 15) is 14.7 Å². The summed E-state index contributed by atoms with van der Waals surface area (Å²) in [6, 6.07) is 0. The number of ether oxygens (including phenoxy) is 2. The van der Waals surface area contributed by atoms with Gasteiger partial charge in [-0.1, -0.05) is 321 Å². The zero-order valence-electron chi connectivity index (χ0n) is 50.9. The van der Waals surface area contributed by atoms with Crippen molar-refractivity contribution in [2.24, 2.45) is 0 Å². The van der Waals surface area contributed by atoms with Crippen molar-refractivity contribution in [2.45, 2.75) is 302 Å². The van der Waals surface area contributed by atoms with Crippen molar-refractivity contribution < 1.29 is 24.2 Å². The molecular formula is C73H122O5. The van der Waals surface area contributed by atoms with Gasteiger partial charge in [0.05, 0.1) is 6.61 Å². The summed E-state index contributed by atoms with van der Waals surface area (Å²) in [7, 11) is 0. The van der Waals surface area contributed by atoms with Crippen LogP contribution in [-0.4, -0.2) is 36.4 Å². The number of aliphatic hydroxyl groups excluding tert-OH is 1. The van der Waals surface area contributed by atoms with Crippen LogP contribution in [0.1, 0.15) is 296 Å². The molecule has 0 aromatic carbocycles. The molecule has 0 aliphatic rings. The van der Waals surface area contributed by atoms with Crippen LogP contribution in [0.4, 0.5) is 0 Å². The van der Waals surface area contributed by atoms with E-state index in [1.807, 2.05) is 0 Å². The quantitative estimate of drug-likeness (QED) is 0.0373. The lowest BCUT2D eigenvalue weighted by atomic mass is 10.0. The lowest BCUT2D eigenvalue weighted by Gasteiger charge is -2.15. The summed E-state index contributed by atoms with van der Waals surface area (Å²) < 4.78 is 10.7. The van der Waals surface area contributed by atoms with Crippen LogP contribution in [0.5, 0.6) is 0 Å². The van der Waals surface area contributed by atoms with Crippen molar-refractivity contribution in [3.63, 3.8) is 0 Å². The fraction of sp³-hybridized carbons (Fsp3) is 0.671. The maximum absolute atomic E-state index is 12.3. The fourth-order valence-corrected chi connectivity index (χ4v) is 9.09. The van der Waals surface area contributed by atoms with Gasteiger partial charge in [0.15, 0.2) is 6.10 Å². The van der Waals surface area contributed by atoms with E-state index in [1.54, 1.807) is 0 Å². The van der Waals surface area contributed by atoms with E-state index in [4.69, 9.17) is 9.47 Å². The van der Waals surface area contributed by atoms with Gasteiger partial charge >= 0.3 is 11.9 Å². The molecule has 78 heavy (non-hydrogen) atoms. The van der Waals surface area contributed by atoms with Gasteiger partial charge in [-0.2, -0.15) is 0 Å². The smallest absolute Gasteiger partial charge is 0.306 e. The molecule has 0 bridgehead atoms. The maximum Gasteiger partial charge on any atom is 0.306 e. The van der Waals surface area contributed by atoms with E-state index in [0.717, 1.165) is 116 Å². The molecule has 0 radical (unpaired) electrons. The molecule has 0 amide bonds. The van der Waals surface area contributed by atoms with Crippen LogP contribution in [-0.2, 0) is 19.1 Å². The number of hydrogen-bond acceptors (Lipinski definition) is 5. The highest BCUT2D eigenvalue weighted by Crippen LogP contribution is 2.17. The Hall–Kier alpha value is -3.96. The number of aliphatic hydroxyl groups is 1. The molecule has 0 aromatic rings. The molecule has 0 spiro atoms. The molecule has 1 N–H and O–H groups in total. The molecule has 0 rings (SSSR count). The summed E-state index contributed by atoms with van der Waals surface area (Å²) in [5.74, 6) is -0.599. The van der Waals surface area contributed by atoms with Crippen LogP contribution in [0.3, 0.4) is 0 Å². The first-order chi connectivity index (χ1) is 38.6. The second-order valence-electron chi connectivity index (χ2n) is 21.5. The standard InChI is InChI=1S/C73H122O5/c1-3-5-7-9-11-13-15-17-19-21-23-25-27-28-29-30-31-32-33-34-35-36-37-38-39-40-41-42-43-44-46-48-50-52-54-56-58-60-62-64-66-68-73(76)78-71(69-74)70-77-72(75)67-65-63-61-59-57-55-53-51-49-47-45-26-24-22-20-18-16-14-12-10-8-6-4-2/h5,7,11,13,17,19,23,25,28-29,31-32,34-35,37-38,40-41,43-44,48,50,71,74H,3-4,6,8-10,12,14-16,18,20-22,24,26-27,30,33,36,39,42,45-47,49,51-70H2,1-2H3/b7-5-,13-11-,19-17-,25-23-,29-28-,32-31-,35-34-,38-37-,41-40-,44-43-,50-48-. The van der Waals surface area contributed by atoms with Crippen molar-refractivity contribution in [1.29, 1.82) is 0 Å². The second kappa shape index (κ2) is 67.3. The van der Waals surface area contributed by atoms with Crippen molar-refractivity contribution in [1.82, 2.24) is 0 Å². The van der Waals surface area contributed by atoms with Gasteiger partial charge < -0.3 is 14.6 Å². The Bertz CT molecular complexity index is 1600. The summed E-state index contributed by atoms with van der Waals surface area (Å²) >= 11 is 0. The summed E-state index contributed by atoms with van der Waals surface area (Å²) in [6.45, 7) is 4.04. The molecule has 0 saturated heterocycles. The highest BCUT2D eigenvalue weighted by atomic mass is 16.6. The topological polar surface area (TPSA) is 72.8 Å². The van der Waals surface area contributed by atoms with Crippen LogP contribution in [0.25, 0.3) is 0 Å². The van der Waals surface area contributed by atoms with Crippen molar-refractivity contribution >= 4 is 11.9 Å². The molecule has 0 fully saturated rings. The molecule has 0 aliphatic heterocycles. The van der Waals surface area contributed by atoms with Gasteiger partial charge in [0.2, 0.25) is 0 Å². The first-order valence-electron chi connectivity index (χ1n) is 32.7. The molecule has 0 heterocycles. The van der Waals surface area contributed by atoms with Crippen LogP contribution >= 0.6 is 0 Å². The lowest BCUT2D eigenvalue weighted by Crippen LogP contribution is -2.28. The number of allylic oxidation sites excluding steroid dienone is 22. The monoisotopic (exact) mass is 1080 g/mol. The Morgan fingerprint density at radius 3 is 0.833 bits per heavy atom. The summed E-state index contributed by atoms with van der Waals surface area (Å²) in [5.41, 5.74) is 0. The predicted molar refractivity (Wildman–Crippen MR) is 343 cm³/mol. The molecule has 1 unspecified atom stereocenters. The van der Waals surface area contributed by atoms with Gasteiger partial charge in [0.1, 0.15) is 6.61 Å². The molecule has 5 heteroatoms. The SMILES string of the molecule is CC/C=C\C/C=C\C/C=C\C/C=C\C/C=C\C/C=C\C/C=C\C/C=C\C/C=C\C/C=C\C/C=C\CCCCCCCCCC(=O)OC(CO)COC(=O)CCCCCCCCCCCCCCCCCCCCCCCCC. The van der Waals surface area contributed by atoms with E-state index in [0.29, 0.717) is 12.8 Å². The fourth-order valence-electron chi connectivity index (χ4n) is 9.09. The predicted octanol–water partition coefficient (Wildman–Crippen LogP) is 22.8. The average molecular weight is 1080 g/mol. The summed E-state index contributed by atoms with van der Waals surface area (Å²) in [5, 5.41) is 9.68. The Balaban J connectivity index is 3.58. The maximum atomic E-state index is 12.3. The van der Waals surface area contributed by atoms with Crippen molar-refractivity contribution in [3.05, 3.63) is 134 Å². The van der Waals surface area contributed by atoms with Crippen LogP contribution in [0.2, 0.25) is 0 Å². The van der Waals surface area contributed by atoms with E-state index in [-0.39, 0.29) is 25.2 Å². The Morgan fingerprint density at radius 1 is 0.308 bits per heavy atom. The minimum Gasteiger partial charge on any atom is -0.462 e. The summed E-state index contributed by atoms with van der Waals surface area (Å²) in [4.78, 5) is 24.6. The number of esters is 2. The summed E-state index contributed by atoms with van der Waals surface area (Å²) in [6.07, 6.45) is 100. The van der Waals surface area contributed by atoms with Crippen LogP contribution < -0.4 is 0 Å². The second-order valence-corrected chi connectivity index (χ2v) is 21.5. The largest absolute Gasteiger partial charge is 0.462 e. The highest BCUT2D eigenvalue weighted by molar-refractivity contribution is 5.70. The van der Waals surface area contributed by atoms with Gasteiger partial charge in [0.25, 0.3) is 0 Å². The third kappa shape index (κ3) is 64.6. The van der Waals surface area contributed by atoms with E-state index in [1.165, 1.54) is 154 Å². The number of carbonyl (C=O) groups is 2. The Morgan fingerprint density at radius 2 is 0.551 bits per heavy atom. The van der Waals surface area contributed by atoms with Gasteiger partial charge in [-0.3, -0.25) is 9.59 Å². The number of rotatable bonds is 59. The van der Waals surface area contributed by atoms with E-state index in [2.05, 4.69) is 148 Å². The minimum atomic E-state index is -0.786. The molecule has 1 atom stereocenters. The molecule has 0 aliphatic carbocycles. The Kier molecular flexibility index (Phi) is 63.9. The van der Waals surface area contributed by atoms with E-state index < -0.39 is 6.10 Å². The molecule has 0 aromatic heterocycles. The van der Waals surface area contributed by atoms with Crippen molar-refractivity contribution in [2.75, 3.05) is 13.2 Å². The molecule has 0 saturated carbocycles. The van der Waals surface area contributed by atoms with Crippen LogP contribution in [0, 0.1) is 0 Å². The van der Waals surface area contributed by atoms with Gasteiger partial charge in [0, 0.05) is 12.8 Å².